The Kier molecular flexibility index (Phi) is 6.35. The molecule has 1 heterocycles. The second-order valence-corrected chi connectivity index (χ2v) is 5.45. The largest absolute Gasteiger partial charge is 0.356 e. The van der Waals surface area contributed by atoms with E-state index in [-0.39, 0.29) is 24.3 Å². The molecule has 2 N–H and O–H groups in total. The van der Waals surface area contributed by atoms with Crippen LogP contribution in [0.3, 0.4) is 0 Å². The van der Waals surface area contributed by atoms with Crippen LogP contribution in [-0.4, -0.2) is 34.0 Å². The van der Waals surface area contributed by atoms with Gasteiger partial charge in [-0.15, -0.1) is 0 Å². The summed E-state index contributed by atoms with van der Waals surface area (Å²) in [4.78, 5) is 27.8. The Morgan fingerprint density at radius 3 is 2.74 bits per heavy atom. The highest BCUT2D eigenvalue weighted by Crippen LogP contribution is 2.00. The molecule has 0 fully saturated rings. The maximum absolute atomic E-state index is 12.0. The normalized spacial score (nSPS) is 11.7. The SMILES string of the molecule is CC(CC(=O)NCCCn1ccnc1)NC(=O)c1ccccc1. The Morgan fingerprint density at radius 1 is 1.26 bits per heavy atom. The maximum Gasteiger partial charge on any atom is 0.251 e. The van der Waals surface area contributed by atoms with Gasteiger partial charge < -0.3 is 15.2 Å². The van der Waals surface area contributed by atoms with Gasteiger partial charge in [0.25, 0.3) is 5.91 Å². The van der Waals surface area contributed by atoms with Crippen molar-refractivity contribution in [1.29, 1.82) is 0 Å². The first-order valence-electron chi connectivity index (χ1n) is 7.73. The van der Waals surface area contributed by atoms with Crippen molar-refractivity contribution in [3.8, 4) is 0 Å². The quantitative estimate of drug-likeness (QED) is 0.727. The van der Waals surface area contributed by atoms with Crippen LogP contribution in [0.2, 0.25) is 0 Å². The van der Waals surface area contributed by atoms with Gasteiger partial charge in [-0.25, -0.2) is 4.98 Å². The smallest absolute Gasteiger partial charge is 0.251 e. The lowest BCUT2D eigenvalue weighted by Gasteiger charge is -2.14. The van der Waals surface area contributed by atoms with Crippen LogP contribution >= 0.6 is 0 Å². The zero-order valence-electron chi connectivity index (χ0n) is 13.2. The molecule has 0 aliphatic rings. The van der Waals surface area contributed by atoms with E-state index in [4.69, 9.17) is 0 Å². The molecule has 0 saturated carbocycles. The average molecular weight is 314 g/mol. The number of benzene rings is 1. The molecule has 2 rings (SSSR count). The topological polar surface area (TPSA) is 76.0 Å². The molecule has 0 saturated heterocycles. The van der Waals surface area contributed by atoms with Crippen LogP contribution in [0.15, 0.2) is 49.1 Å². The molecule has 0 aliphatic carbocycles. The molecule has 23 heavy (non-hydrogen) atoms. The molecule has 1 aromatic heterocycles. The van der Waals surface area contributed by atoms with Crippen LogP contribution in [0, 0.1) is 0 Å². The summed E-state index contributed by atoms with van der Waals surface area (Å²) in [7, 11) is 0. The lowest BCUT2D eigenvalue weighted by molar-refractivity contribution is -0.121. The van der Waals surface area contributed by atoms with Crippen molar-refractivity contribution in [3.05, 3.63) is 54.6 Å². The van der Waals surface area contributed by atoms with Crippen LogP contribution in [-0.2, 0) is 11.3 Å². The van der Waals surface area contributed by atoms with Crippen molar-refractivity contribution in [2.45, 2.75) is 32.4 Å². The first kappa shape index (κ1) is 16.7. The lowest BCUT2D eigenvalue weighted by Crippen LogP contribution is -2.37. The number of aromatic nitrogens is 2. The van der Waals surface area contributed by atoms with E-state index >= 15 is 0 Å². The third-order valence-corrected chi connectivity index (χ3v) is 3.38. The number of hydrogen-bond donors (Lipinski definition) is 2. The number of imidazole rings is 1. The van der Waals surface area contributed by atoms with Crippen molar-refractivity contribution < 1.29 is 9.59 Å². The highest BCUT2D eigenvalue weighted by Gasteiger charge is 2.12. The van der Waals surface area contributed by atoms with E-state index < -0.39 is 0 Å². The minimum absolute atomic E-state index is 0.0588. The van der Waals surface area contributed by atoms with Crippen LogP contribution in [0.1, 0.15) is 30.1 Å². The summed E-state index contributed by atoms with van der Waals surface area (Å²) in [5.74, 6) is -0.220. The Morgan fingerprint density at radius 2 is 2.04 bits per heavy atom. The summed E-state index contributed by atoms with van der Waals surface area (Å²) in [6.45, 7) is 3.25. The Balaban J connectivity index is 1.63. The Hall–Kier alpha value is -2.63. The molecule has 2 aromatic rings. The number of hydrogen-bond acceptors (Lipinski definition) is 3. The molecule has 2 amide bonds. The van der Waals surface area contributed by atoms with Crippen LogP contribution in [0.5, 0.6) is 0 Å². The van der Waals surface area contributed by atoms with Crippen LogP contribution in [0.25, 0.3) is 0 Å². The molecule has 0 aliphatic heterocycles. The van der Waals surface area contributed by atoms with Gasteiger partial charge in [0.15, 0.2) is 0 Å². The molecule has 0 spiro atoms. The monoisotopic (exact) mass is 314 g/mol. The van der Waals surface area contributed by atoms with Gasteiger partial charge in [0.2, 0.25) is 5.91 Å². The highest BCUT2D eigenvalue weighted by atomic mass is 16.2. The van der Waals surface area contributed by atoms with Crippen LogP contribution in [0.4, 0.5) is 0 Å². The van der Waals surface area contributed by atoms with E-state index in [0.29, 0.717) is 12.1 Å². The fourth-order valence-electron chi connectivity index (χ4n) is 2.21. The first-order valence-corrected chi connectivity index (χ1v) is 7.73. The van der Waals surface area contributed by atoms with Gasteiger partial charge in [-0.1, -0.05) is 18.2 Å². The molecule has 122 valence electrons. The van der Waals surface area contributed by atoms with Gasteiger partial charge in [-0.2, -0.15) is 0 Å². The number of carbonyl (C=O) groups is 2. The number of nitrogens with one attached hydrogen (secondary N) is 2. The van der Waals surface area contributed by atoms with Crippen LogP contribution < -0.4 is 10.6 Å². The van der Waals surface area contributed by atoms with E-state index in [2.05, 4.69) is 15.6 Å². The third kappa shape index (κ3) is 5.94. The highest BCUT2D eigenvalue weighted by molar-refractivity contribution is 5.94. The van der Waals surface area contributed by atoms with E-state index in [0.717, 1.165) is 13.0 Å². The van der Waals surface area contributed by atoms with E-state index in [1.54, 1.807) is 24.7 Å². The molecule has 0 bridgehead atoms. The number of nitrogens with zero attached hydrogens (tertiary/aromatic N) is 2. The predicted molar refractivity (Wildman–Crippen MR) is 87.8 cm³/mol. The van der Waals surface area contributed by atoms with Crippen molar-refractivity contribution in [2.24, 2.45) is 0 Å². The van der Waals surface area contributed by atoms with Gasteiger partial charge in [0, 0.05) is 43.5 Å². The molecule has 6 nitrogen and oxygen atoms in total. The minimum Gasteiger partial charge on any atom is -0.356 e. The summed E-state index contributed by atoms with van der Waals surface area (Å²) in [5.41, 5.74) is 0.597. The third-order valence-electron chi connectivity index (χ3n) is 3.38. The molecule has 1 unspecified atom stereocenters. The standard InChI is InChI=1S/C17H22N4O2/c1-14(20-17(23)15-6-3-2-4-7-15)12-16(22)19-8-5-10-21-11-9-18-13-21/h2-4,6-7,9,11,13-14H,5,8,10,12H2,1H3,(H,19,22)(H,20,23). The Labute approximate surface area is 135 Å². The van der Waals surface area contributed by atoms with Crippen molar-refractivity contribution in [3.63, 3.8) is 0 Å². The van der Waals surface area contributed by atoms with Gasteiger partial charge in [-0.05, 0) is 25.5 Å². The fraction of sp³-hybridized carbons (Fsp3) is 0.353. The van der Waals surface area contributed by atoms with E-state index in [9.17, 15) is 9.59 Å². The van der Waals surface area contributed by atoms with Gasteiger partial charge in [0.1, 0.15) is 0 Å². The zero-order chi connectivity index (χ0) is 16.5. The van der Waals surface area contributed by atoms with E-state index in [1.807, 2.05) is 35.9 Å². The molecular weight excluding hydrogens is 292 g/mol. The summed E-state index contributed by atoms with van der Waals surface area (Å²) in [5, 5.41) is 5.69. The first-order chi connectivity index (χ1) is 11.1. The van der Waals surface area contributed by atoms with Crippen molar-refractivity contribution >= 4 is 11.8 Å². The van der Waals surface area contributed by atoms with Crippen molar-refractivity contribution in [1.82, 2.24) is 20.2 Å². The predicted octanol–water partition coefficient (Wildman–Crippen LogP) is 1.60. The zero-order valence-corrected chi connectivity index (χ0v) is 13.2. The molecule has 1 aromatic carbocycles. The number of amides is 2. The van der Waals surface area contributed by atoms with Gasteiger partial charge >= 0.3 is 0 Å². The number of rotatable bonds is 8. The van der Waals surface area contributed by atoms with E-state index in [1.165, 1.54) is 0 Å². The molecular formula is C17H22N4O2. The molecule has 0 radical (unpaired) electrons. The molecule has 1 atom stereocenters. The van der Waals surface area contributed by atoms with Gasteiger partial charge in [-0.3, -0.25) is 9.59 Å². The summed E-state index contributed by atoms with van der Waals surface area (Å²) < 4.78 is 1.97. The fourth-order valence-corrected chi connectivity index (χ4v) is 2.21. The minimum atomic E-state index is -0.212. The number of carbonyl (C=O) groups excluding carboxylic acids is 2. The maximum atomic E-state index is 12.0. The summed E-state index contributed by atoms with van der Waals surface area (Å²) in [6, 6.07) is 8.77. The summed E-state index contributed by atoms with van der Waals surface area (Å²) >= 11 is 0. The number of aryl methyl sites for hydroxylation is 1. The molecule has 6 heteroatoms. The summed E-state index contributed by atoms with van der Waals surface area (Å²) in [6.07, 6.45) is 6.48. The lowest BCUT2D eigenvalue weighted by atomic mass is 10.1. The average Bonchev–Trinajstić information content (AvgIpc) is 3.05. The van der Waals surface area contributed by atoms with Crippen molar-refractivity contribution in [2.75, 3.05) is 6.54 Å². The second-order valence-electron chi connectivity index (χ2n) is 5.45. The Bertz CT molecular complexity index is 611. The second kappa shape index (κ2) is 8.73. The van der Waals surface area contributed by atoms with Gasteiger partial charge in [0.05, 0.1) is 6.33 Å².